The summed E-state index contributed by atoms with van der Waals surface area (Å²) in [5.74, 6) is 1.98. The average molecular weight is 208 g/mol. The first-order valence-corrected chi connectivity index (χ1v) is 5.66. The maximum Gasteiger partial charge on any atom is 0.166 e. The Balaban J connectivity index is 2.31. The zero-order valence-corrected chi connectivity index (χ0v) is 8.88. The molecule has 2 aliphatic heterocycles. The average Bonchev–Trinajstić information content (AvgIpc) is 2.27. The number of carbonyl (C=O) groups is 1. The van der Waals surface area contributed by atoms with Gasteiger partial charge in [0.1, 0.15) is 0 Å². The van der Waals surface area contributed by atoms with Gasteiger partial charge in [0, 0.05) is 24.9 Å². The Morgan fingerprint density at radius 3 is 3.36 bits per heavy atom. The third-order valence-electron chi connectivity index (χ3n) is 2.24. The lowest BCUT2D eigenvalue weighted by Gasteiger charge is -2.28. The van der Waals surface area contributed by atoms with Gasteiger partial charge in [-0.15, -0.1) is 0 Å². The predicted molar refractivity (Wildman–Crippen MR) is 59.1 cm³/mol. The van der Waals surface area contributed by atoms with Crippen LogP contribution in [0.2, 0.25) is 0 Å². The van der Waals surface area contributed by atoms with Crippen molar-refractivity contribution in [3.8, 4) is 0 Å². The second-order valence-electron chi connectivity index (χ2n) is 3.14. The van der Waals surface area contributed by atoms with E-state index >= 15 is 0 Å². The molecule has 0 amide bonds. The van der Waals surface area contributed by atoms with Crippen LogP contribution in [0.3, 0.4) is 0 Å². The van der Waals surface area contributed by atoms with Gasteiger partial charge in [0.2, 0.25) is 0 Å². The van der Waals surface area contributed by atoms with Gasteiger partial charge >= 0.3 is 0 Å². The Kier molecular flexibility index (Phi) is 2.72. The highest BCUT2D eigenvalue weighted by molar-refractivity contribution is 7.98. The smallest absolute Gasteiger partial charge is 0.166 e. The van der Waals surface area contributed by atoms with Crippen LogP contribution in [0.4, 0.5) is 0 Å². The minimum atomic E-state index is 0.167. The summed E-state index contributed by atoms with van der Waals surface area (Å²) in [5.41, 5.74) is 0.752. The first-order chi connectivity index (χ1) is 6.83. The Morgan fingerprint density at radius 1 is 1.71 bits per heavy atom. The summed E-state index contributed by atoms with van der Waals surface area (Å²) in [6, 6.07) is 0. The van der Waals surface area contributed by atoms with Gasteiger partial charge in [-0.3, -0.25) is 4.79 Å². The fraction of sp³-hybridized carbons (Fsp3) is 0.400. The maximum absolute atomic E-state index is 11.6. The Morgan fingerprint density at radius 2 is 2.57 bits per heavy atom. The minimum Gasteiger partial charge on any atom is -0.331 e. The number of Topliss-reactive ketones (excluding diaryl/α,β-unsaturated/α-hetero) is 1. The molecule has 0 saturated carbocycles. The standard InChI is InChI=1S/C10H12N2OS/c1-2-9(13)8-4-3-5-12-6-7-14-11-10(8)12/h3-5H,2,6-7H2,1H3. The number of nitrogens with zero attached hydrogens (tertiary/aromatic N) is 2. The van der Waals surface area contributed by atoms with Gasteiger partial charge in [-0.25, -0.2) is 0 Å². The third-order valence-corrected chi connectivity index (χ3v) is 2.91. The fourth-order valence-corrected chi connectivity index (χ4v) is 2.17. The van der Waals surface area contributed by atoms with Crippen molar-refractivity contribution in [2.75, 3.05) is 12.3 Å². The molecule has 0 fully saturated rings. The summed E-state index contributed by atoms with van der Waals surface area (Å²) in [7, 11) is 0. The lowest BCUT2D eigenvalue weighted by Crippen LogP contribution is -2.35. The molecule has 3 nitrogen and oxygen atoms in total. The molecule has 0 aromatic rings. The summed E-state index contributed by atoms with van der Waals surface area (Å²) < 4.78 is 4.32. The number of fused-ring (bicyclic) bond motifs is 1. The summed E-state index contributed by atoms with van der Waals surface area (Å²) in [6.07, 6.45) is 6.28. The van der Waals surface area contributed by atoms with Crippen LogP contribution in [0.1, 0.15) is 13.3 Å². The lowest BCUT2D eigenvalue weighted by atomic mass is 10.1. The maximum atomic E-state index is 11.6. The van der Waals surface area contributed by atoms with Gasteiger partial charge in [0.25, 0.3) is 0 Å². The van der Waals surface area contributed by atoms with Crippen LogP contribution in [-0.4, -0.2) is 28.8 Å². The van der Waals surface area contributed by atoms with Crippen molar-refractivity contribution in [1.29, 1.82) is 0 Å². The molecule has 0 aromatic heterocycles. The molecule has 0 N–H and O–H groups in total. The highest BCUT2D eigenvalue weighted by Gasteiger charge is 2.23. The van der Waals surface area contributed by atoms with E-state index in [1.54, 1.807) is 0 Å². The monoisotopic (exact) mass is 208 g/mol. The molecule has 0 unspecified atom stereocenters. The van der Waals surface area contributed by atoms with E-state index in [1.807, 2.05) is 30.2 Å². The van der Waals surface area contributed by atoms with Crippen LogP contribution in [0.15, 0.2) is 28.3 Å². The summed E-state index contributed by atoms with van der Waals surface area (Å²) >= 11 is 1.53. The topological polar surface area (TPSA) is 32.7 Å². The van der Waals surface area contributed by atoms with Gasteiger partial charge in [0.05, 0.1) is 5.57 Å². The van der Waals surface area contributed by atoms with Gasteiger partial charge in [0.15, 0.2) is 11.6 Å². The predicted octanol–water partition coefficient (Wildman–Crippen LogP) is 1.78. The van der Waals surface area contributed by atoms with Crippen molar-refractivity contribution in [2.45, 2.75) is 13.3 Å². The third kappa shape index (κ3) is 1.62. The second-order valence-corrected chi connectivity index (χ2v) is 3.99. The van der Waals surface area contributed by atoms with Crippen molar-refractivity contribution in [2.24, 2.45) is 4.40 Å². The number of hydrogen-bond acceptors (Lipinski definition) is 4. The number of rotatable bonds is 2. The summed E-state index contributed by atoms with van der Waals surface area (Å²) in [6.45, 7) is 2.82. The minimum absolute atomic E-state index is 0.167. The quantitative estimate of drug-likeness (QED) is 0.648. The Hall–Kier alpha value is -1.03. The largest absolute Gasteiger partial charge is 0.331 e. The normalized spacial score (nSPS) is 19.9. The van der Waals surface area contributed by atoms with E-state index in [4.69, 9.17) is 0 Å². The van der Waals surface area contributed by atoms with Crippen LogP contribution in [0.25, 0.3) is 0 Å². The van der Waals surface area contributed by atoms with Gasteiger partial charge in [-0.05, 0) is 24.1 Å². The van der Waals surface area contributed by atoms with Gasteiger partial charge < -0.3 is 4.90 Å². The van der Waals surface area contributed by atoms with E-state index in [9.17, 15) is 4.79 Å². The van der Waals surface area contributed by atoms with E-state index in [-0.39, 0.29) is 5.78 Å². The molecule has 2 aliphatic rings. The van der Waals surface area contributed by atoms with Crippen molar-refractivity contribution < 1.29 is 4.79 Å². The highest BCUT2D eigenvalue weighted by Crippen LogP contribution is 2.21. The van der Waals surface area contributed by atoms with Crippen molar-refractivity contribution in [3.63, 3.8) is 0 Å². The Bertz CT molecular complexity index is 344. The SMILES string of the molecule is CCC(=O)C1=CC=CN2CCSN=C12. The van der Waals surface area contributed by atoms with E-state index in [0.717, 1.165) is 23.7 Å². The molecule has 2 rings (SSSR count). The zero-order chi connectivity index (χ0) is 9.97. The first-order valence-electron chi connectivity index (χ1n) is 4.71. The molecule has 4 heteroatoms. The van der Waals surface area contributed by atoms with Crippen LogP contribution in [0.5, 0.6) is 0 Å². The Labute approximate surface area is 87.7 Å². The first kappa shape index (κ1) is 9.52. The number of ketones is 1. The molecule has 0 aliphatic carbocycles. The van der Waals surface area contributed by atoms with E-state index < -0.39 is 0 Å². The van der Waals surface area contributed by atoms with Crippen LogP contribution < -0.4 is 0 Å². The molecule has 0 spiro atoms. The second kappa shape index (κ2) is 4.00. The van der Waals surface area contributed by atoms with E-state index in [2.05, 4.69) is 4.40 Å². The van der Waals surface area contributed by atoms with E-state index in [0.29, 0.717) is 6.42 Å². The van der Waals surface area contributed by atoms with Crippen molar-refractivity contribution in [1.82, 2.24) is 4.90 Å². The molecule has 0 bridgehead atoms. The molecule has 0 atom stereocenters. The number of amidine groups is 1. The van der Waals surface area contributed by atoms with Crippen LogP contribution >= 0.6 is 11.9 Å². The summed E-state index contributed by atoms with van der Waals surface area (Å²) in [5, 5.41) is 0. The molecule has 2 heterocycles. The molecule has 74 valence electrons. The van der Waals surface area contributed by atoms with Crippen LogP contribution in [0, 0.1) is 0 Å². The zero-order valence-electron chi connectivity index (χ0n) is 8.06. The molecule has 14 heavy (non-hydrogen) atoms. The molecular formula is C10H12N2OS. The highest BCUT2D eigenvalue weighted by atomic mass is 32.2. The lowest BCUT2D eigenvalue weighted by molar-refractivity contribution is -0.114. The number of allylic oxidation sites excluding steroid dienone is 2. The molecule has 0 radical (unpaired) electrons. The molecular weight excluding hydrogens is 196 g/mol. The summed E-state index contributed by atoms with van der Waals surface area (Å²) in [4.78, 5) is 13.6. The number of carbonyl (C=O) groups excluding carboxylic acids is 1. The number of hydrogen-bond donors (Lipinski definition) is 0. The van der Waals surface area contributed by atoms with Crippen LogP contribution in [-0.2, 0) is 4.79 Å². The van der Waals surface area contributed by atoms with Crippen molar-refractivity contribution >= 4 is 23.6 Å². The molecule has 0 aromatic carbocycles. The molecule has 0 saturated heterocycles. The van der Waals surface area contributed by atoms with E-state index in [1.165, 1.54) is 11.9 Å². The fourth-order valence-electron chi connectivity index (χ4n) is 1.48. The van der Waals surface area contributed by atoms with Gasteiger partial charge in [-0.1, -0.05) is 6.92 Å². The van der Waals surface area contributed by atoms with Crippen molar-refractivity contribution in [3.05, 3.63) is 23.9 Å². The van der Waals surface area contributed by atoms with Gasteiger partial charge in [-0.2, -0.15) is 4.40 Å².